The minimum atomic E-state index is -1.97. The molecule has 2 rings (SSSR count). The SMILES string of the molecule is CC(C)(C)OC(=O)NOC1(C)C(=O)Oc2ccccc2C1=O. The van der Waals surface area contributed by atoms with Gasteiger partial charge in [0.2, 0.25) is 5.78 Å². The minimum absolute atomic E-state index is 0.163. The lowest BCUT2D eigenvalue weighted by molar-refractivity contribution is -0.162. The number of hydrogen-bond donors (Lipinski definition) is 1. The summed E-state index contributed by atoms with van der Waals surface area (Å²) in [7, 11) is 0. The van der Waals surface area contributed by atoms with Crippen LogP contribution in [0.15, 0.2) is 24.3 Å². The largest absolute Gasteiger partial charge is 0.442 e. The van der Waals surface area contributed by atoms with Crippen LogP contribution in [-0.4, -0.2) is 29.0 Å². The number of hydroxylamine groups is 1. The Bertz CT molecular complexity index is 633. The Hall–Kier alpha value is -2.41. The average Bonchev–Trinajstić information content (AvgIpc) is 2.41. The standard InChI is InChI=1S/C15H17NO6/c1-14(2,3)21-13(19)16-22-15(4)11(17)9-7-5-6-8-10(9)20-12(15)18/h5-8H,1-4H3,(H,16,19). The second-order valence-electron chi connectivity index (χ2n) is 5.95. The summed E-state index contributed by atoms with van der Waals surface area (Å²) in [4.78, 5) is 41.0. The number of Topliss-reactive ketones (excluding diaryl/α,β-unsaturated/α-hetero) is 1. The smallest absolute Gasteiger partial charge is 0.431 e. The van der Waals surface area contributed by atoms with Crippen molar-refractivity contribution in [2.45, 2.75) is 38.9 Å². The fraction of sp³-hybridized carbons (Fsp3) is 0.400. The average molecular weight is 307 g/mol. The van der Waals surface area contributed by atoms with Crippen molar-refractivity contribution in [2.24, 2.45) is 0 Å². The normalized spacial score (nSPS) is 20.9. The van der Waals surface area contributed by atoms with Crippen molar-refractivity contribution in [1.82, 2.24) is 5.48 Å². The Morgan fingerprint density at radius 3 is 2.50 bits per heavy atom. The van der Waals surface area contributed by atoms with Crippen LogP contribution in [0.5, 0.6) is 5.75 Å². The Labute approximate surface area is 127 Å². The number of amides is 1. The van der Waals surface area contributed by atoms with Gasteiger partial charge in [0.05, 0.1) is 5.56 Å². The first-order valence-corrected chi connectivity index (χ1v) is 6.66. The highest BCUT2D eigenvalue weighted by molar-refractivity contribution is 6.19. The van der Waals surface area contributed by atoms with Crippen LogP contribution in [0.25, 0.3) is 0 Å². The topological polar surface area (TPSA) is 90.9 Å². The number of rotatable bonds is 2. The number of carbonyl (C=O) groups excluding carboxylic acids is 3. The van der Waals surface area contributed by atoms with Gasteiger partial charge in [-0.05, 0) is 39.8 Å². The maximum absolute atomic E-state index is 12.4. The van der Waals surface area contributed by atoms with Crippen molar-refractivity contribution < 1.29 is 28.7 Å². The van der Waals surface area contributed by atoms with E-state index >= 15 is 0 Å². The number of nitrogens with one attached hydrogen (secondary N) is 1. The molecule has 1 heterocycles. The number of ether oxygens (including phenoxy) is 2. The number of hydrogen-bond acceptors (Lipinski definition) is 6. The lowest BCUT2D eigenvalue weighted by Gasteiger charge is -2.30. The molecule has 1 aliphatic rings. The van der Waals surface area contributed by atoms with Gasteiger partial charge in [-0.3, -0.25) is 4.79 Å². The molecule has 0 fully saturated rings. The van der Waals surface area contributed by atoms with Gasteiger partial charge in [-0.25, -0.2) is 14.4 Å². The van der Waals surface area contributed by atoms with Gasteiger partial charge < -0.3 is 9.47 Å². The van der Waals surface area contributed by atoms with Gasteiger partial charge in [-0.2, -0.15) is 5.48 Å². The van der Waals surface area contributed by atoms with Crippen molar-refractivity contribution >= 4 is 17.8 Å². The van der Waals surface area contributed by atoms with Gasteiger partial charge in [-0.15, -0.1) is 0 Å². The van der Waals surface area contributed by atoms with Gasteiger partial charge in [-0.1, -0.05) is 12.1 Å². The van der Waals surface area contributed by atoms with Crippen LogP contribution in [0.2, 0.25) is 0 Å². The molecule has 0 saturated heterocycles. The number of fused-ring (bicyclic) bond motifs is 1. The molecular formula is C15H17NO6. The maximum Gasteiger partial charge on any atom is 0.431 e. The van der Waals surface area contributed by atoms with Crippen LogP contribution >= 0.6 is 0 Å². The van der Waals surface area contributed by atoms with Crippen LogP contribution in [-0.2, 0) is 14.4 Å². The highest BCUT2D eigenvalue weighted by Gasteiger charge is 2.50. The molecule has 0 bridgehead atoms. The Morgan fingerprint density at radius 2 is 1.86 bits per heavy atom. The highest BCUT2D eigenvalue weighted by Crippen LogP contribution is 2.31. The second kappa shape index (κ2) is 5.42. The quantitative estimate of drug-likeness (QED) is 0.389. The van der Waals surface area contributed by atoms with Crippen LogP contribution in [0.3, 0.4) is 0 Å². The predicted octanol–water partition coefficient (Wildman–Crippen LogP) is 2.00. The molecule has 1 atom stereocenters. The molecule has 0 radical (unpaired) electrons. The minimum Gasteiger partial charge on any atom is -0.442 e. The Balaban J connectivity index is 2.15. The first-order chi connectivity index (χ1) is 10.1. The first kappa shape index (κ1) is 16.0. The molecule has 1 N–H and O–H groups in total. The van der Waals surface area contributed by atoms with Crippen LogP contribution in [0, 0.1) is 0 Å². The van der Waals surface area contributed by atoms with E-state index in [1.165, 1.54) is 19.1 Å². The third-order valence-corrected chi connectivity index (χ3v) is 2.89. The van der Waals surface area contributed by atoms with Gasteiger partial charge >= 0.3 is 12.1 Å². The second-order valence-corrected chi connectivity index (χ2v) is 5.95. The molecule has 22 heavy (non-hydrogen) atoms. The molecular weight excluding hydrogens is 290 g/mol. The van der Waals surface area contributed by atoms with Gasteiger partial charge in [0.25, 0.3) is 5.60 Å². The third-order valence-electron chi connectivity index (χ3n) is 2.89. The summed E-state index contributed by atoms with van der Waals surface area (Å²) < 4.78 is 10.0. The van der Waals surface area contributed by atoms with Crippen LogP contribution < -0.4 is 10.2 Å². The fourth-order valence-electron chi connectivity index (χ4n) is 1.82. The zero-order valence-electron chi connectivity index (χ0n) is 12.8. The molecule has 7 nitrogen and oxygen atoms in total. The number of esters is 1. The maximum atomic E-state index is 12.4. The molecule has 0 spiro atoms. The lowest BCUT2D eigenvalue weighted by atomic mass is 9.92. The van der Waals surface area contributed by atoms with Crippen molar-refractivity contribution in [1.29, 1.82) is 0 Å². The van der Waals surface area contributed by atoms with Crippen molar-refractivity contribution in [2.75, 3.05) is 0 Å². The molecule has 0 aromatic heterocycles. The molecule has 1 amide bonds. The molecule has 0 aliphatic carbocycles. The molecule has 1 aliphatic heterocycles. The van der Waals surface area contributed by atoms with E-state index in [0.29, 0.717) is 0 Å². The summed E-state index contributed by atoms with van der Waals surface area (Å²) in [6.07, 6.45) is -0.909. The molecule has 1 aromatic carbocycles. The van der Waals surface area contributed by atoms with E-state index in [2.05, 4.69) is 0 Å². The number of carbonyl (C=O) groups is 3. The zero-order valence-corrected chi connectivity index (χ0v) is 12.8. The summed E-state index contributed by atoms with van der Waals surface area (Å²) in [6, 6.07) is 6.30. The lowest BCUT2D eigenvalue weighted by Crippen LogP contribution is -2.55. The molecule has 7 heteroatoms. The molecule has 1 aromatic rings. The zero-order chi connectivity index (χ0) is 16.5. The van der Waals surface area contributed by atoms with Gasteiger partial charge in [0.1, 0.15) is 11.4 Å². The van der Waals surface area contributed by atoms with Gasteiger partial charge in [0, 0.05) is 0 Å². The Kier molecular flexibility index (Phi) is 3.93. The van der Waals surface area contributed by atoms with E-state index in [9.17, 15) is 14.4 Å². The molecule has 0 saturated carbocycles. The van der Waals surface area contributed by atoms with E-state index in [4.69, 9.17) is 14.3 Å². The monoisotopic (exact) mass is 307 g/mol. The summed E-state index contributed by atoms with van der Waals surface area (Å²) in [6.45, 7) is 6.24. The Morgan fingerprint density at radius 1 is 1.23 bits per heavy atom. The van der Waals surface area contributed by atoms with E-state index < -0.39 is 29.0 Å². The van der Waals surface area contributed by atoms with E-state index in [1.807, 2.05) is 5.48 Å². The van der Waals surface area contributed by atoms with E-state index in [-0.39, 0.29) is 11.3 Å². The third kappa shape index (κ3) is 3.09. The summed E-state index contributed by atoms with van der Waals surface area (Å²) in [5, 5.41) is 0. The van der Waals surface area contributed by atoms with Crippen LogP contribution in [0.4, 0.5) is 4.79 Å². The number of ketones is 1. The van der Waals surface area contributed by atoms with Crippen molar-refractivity contribution in [3.05, 3.63) is 29.8 Å². The van der Waals surface area contributed by atoms with E-state index in [1.54, 1.807) is 32.9 Å². The number of benzene rings is 1. The highest BCUT2D eigenvalue weighted by atomic mass is 16.7. The number of para-hydroxylation sites is 1. The van der Waals surface area contributed by atoms with Gasteiger partial charge in [0.15, 0.2) is 0 Å². The summed E-state index contributed by atoms with van der Waals surface area (Å²) in [5.74, 6) is -1.35. The fourth-order valence-corrected chi connectivity index (χ4v) is 1.82. The summed E-state index contributed by atoms with van der Waals surface area (Å²) in [5.41, 5.74) is -0.543. The molecule has 118 valence electrons. The molecule has 1 unspecified atom stereocenters. The van der Waals surface area contributed by atoms with Crippen molar-refractivity contribution in [3.8, 4) is 5.75 Å². The van der Waals surface area contributed by atoms with Crippen molar-refractivity contribution in [3.63, 3.8) is 0 Å². The van der Waals surface area contributed by atoms with Crippen LogP contribution in [0.1, 0.15) is 38.1 Å². The summed E-state index contributed by atoms with van der Waals surface area (Å²) >= 11 is 0. The van der Waals surface area contributed by atoms with E-state index in [0.717, 1.165) is 0 Å². The first-order valence-electron chi connectivity index (χ1n) is 6.66. The predicted molar refractivity (Wildman–Crippen MR) is 75.3 cm³/mol.